The van der Waals surface area contributed by atoms with Gasteiger partial charge >= 0.3 is 5.97 Å². The van der Waals surface area contributed by atoms with Crippen molar-refractivity contribution in [2.45, 2.75) is 45.1 Å². The van der Waals surface area contributed by atoms with Crippen LogP contribution in [0.25, 0.3) is 0 Å². The molecule has 1 atom stereocenters. The van der Waals surface area contributed by atoms with Crippen LogP contribution in [0, 0.1) is 0 Å². The maximum atomic E-state index is 11.0. The van der Waals surface area contributed by atoms with Crippen LogP contribution < -0.4 is 9.47 Å². The molecule has 1 unspecified atom stereocenters. The number of phenols is 1. The number of hydrogen-bond acceptors (Lipinski definition) is 4. The van der Waals surface area contributed by atoms with Crippen molar-refractivity contribution in [3.05, 3.63) is 54.1 Å². The summed E-state index contributed by atoms with van der Waals surface area (Å²) in [4.78, 5) is 11.0. The summed E-state index contributed by atoms with van der Waals surface area (Å²) in [7, 11) is 0. The molecule has 26 heavy (non-hydrogen) atoms. The van der Waals surface area contributed by atoms with E-state index in [-0.39, 0.29) is 17.4 Å². The van der Waals surface area contributed by atoms with E-state index in [1.807, 2.05) is 30.3 Å². The second-order valence-corrected chi connectivity index (χ2v) is 6.20. The van der Waals surface area contributed by atoms with Crippen molar-refractivity contribution in [2.24, 2.45) is 0 Å². The first kappa shape index (κ1) is 19.6. The summed E-state index contributed by atoms with van der Waals surface area (Å²) in [6, 6.07) is 13.8. The van der Waals surface area contributed by atoms with E-state index in [2.05, 4.69) is 6.92 Å². The average Bonchev–Trinajstić information content (AvgIpc) is 2.63. The molecule has 0 saturated carbocycles. The Morgan fingerprint density at radius 3 is 2.46 bits per heavy atom. The molecule has 0 bridgehead atoms. The highest BCUT2D eigenvalue weighted by molar-refractivity contribution is 5.90. The number of rotatable bonds is 11. The van der Waals surface area contributed by atoms with Crippen LogP contribution in [0.3, 0.4) is 0 Å². The minimum Gasteiger partial charge on any atom is -0.507 e. The maximum absolute atomic E-state index is 11.0. The van der Waals surface area contributed by atoms with Gasteiger partial charge < -0.3 is 19.7 Å². The van der Waals surface area contributed by atoms with Gasteiger partial charge in [-0.05, 0) is 37.1 Å². The molecule has 5 heteroatoms. The van der Waals surface area contributed by atoms with Crippen LogP contribution in [0.15, 0.2) is 48.5 Å². The van der Waals surface area contributed by atoms with Gasteiger partial charge in [0.05, 0.1) is 0 Å². The second-order valence-electron chi connectivity index (χ2n) is 6.20. The van der Waals surface area contributed by atoms with Gasteiger partial charge in [0.15, 0.2) is 0 Å². The molecule has 2 N–H and O–H groups in total. The summed E-state index contributed by atoms with van der Waals surface area (Å²) >= 11 is 0. The standard InChI is InChI=1S/C21H26O5/c1-2-3-4-6-11-18(26-16-9-7-5-8-10-16)15-25-17-12-13-19(21(23)24)20(22)14-17/h5,7-10,12-14,18,22H,2-4,6,11,15H2,1H3,(H,23,24). The van der Waals surface area contributed by atoms with Crippen LogP contribution in [0.1, 0.15) is 49.4 Å². The first-order valence-corrected chi connectivity index (χ1v) is 9.01. The lowest BCUT2D eigenvalue weighted by atomic mass is 10.1. The van der Waals surface area contributed by atoms with Gasteiger partial charge in [-0.1, -0.05) is 44.4 Å². The summed E-state index contributed by atoms with van der Waals surface area (Å²) < 4.78 is 11.8. The summed E-state index contributed by atoms with van der Waals surface area (Å²) in [5, 5.41) is 18.7. The van der Waals surface area contributed by atoms with Crippen molar-refractivity contribution in [1.29, 1.82) is 0 Å². The van der Waals surface area contributed by atoms with Gasteiger partial charge in [0.1, 0.15) is 35.5 Å². The lowest BCUT2D eigenvalue weighted by molar-refractivity contribution is 0.0693. The molecule has 0 saturated heterocycles. The first-order chi connectivity index (χ1) is 12.6. The number of carboxylic acid groups (broad SMARTS) is 1. The molecule has 0 spiro atoms. The highest BCUT2D eigenvalue weighted by Gasteiger charge is 2.14. The highest BCUT2D eigenvalue weighted by atomic mass is 16.5. The fraction of sp³-hybridized carbons (Fsp3) is 0.381. The number of aromatic hydroxyl groups is 1. The van der Waals surface area contributed by atoms with Crippen LogP contribution in [0.2, 0.25) is 0 Å². The topological polar surface area (TPSA) is 76.0 Å². The minimum atomic E-state index is -1.17. The third-order valence-corrected chi connectivity index (χ3v) is 4.06. The Hall–Kier alpha value is -2.69. The minimum absolute atomic E-state index is 0.115. The van der Waals surface area contributed by atoms with E-state index in [9.17, 15) is 9.90 Å². The van der Waals surface area contributed by atoms with E-state index in [0.29, 0.717) is 12.4 Å². The molecule has 140 valence electrons. The molecule has 2 aromatic carbocycles. The Labute approximate surface area is 154 Å². The highest BCUT2D eigenvalue weighted by Crippen LogP contribution is 2.24. The number of para-hydroxylation sites is 1. The molecule has 0 aromatic heterocycles. The van der Waals surface area contributed by atoms with Crippen LogP contribution in [-0.2, 0) is 0 Å². The number of carbonyl (C=O) groups is 1. The monoisotopic (exact) mass is 358 g/mol. The Morgan fingerprint density at radius 2 is 1.81 bits per heavy atom. The van der Waals surface area contributed by atoms with Gasteiger partial charge in [-0.2, -0.15) is 0 Å². The molecule has 2 rings (SSSR count). The van der Waals surface area contributed by atoms with Gasteiger partial charge in [-0.3, -0.25) is 0 Å². The molecular weight excluding hydrogens is 332 g/mol. The van der Waals surface area contributed by atoms with E-state index in [0.717, 1.165) is 25.0 Å². The second kappa shape index (κ2) is 10.3. The molecule has 0 aliphatic carbocycles. The third-order valence-electron chi connectivity index (χ3n) is 4.06. The molecule has 0 fully saturated rings. The van der Waals surface area contributed by atoms with Crippen molar-refractivity contribution in [3.8, 4) is 17.2 Å². The fourth-order valence-electron chi connectivity index (χ4n) is 2.64. The van der Waals surface area contributed by atoms with Crippen LogP contribution >= 0.6 is 0 Å². The first-order valence-electron chi connectivity index (χ1n) is 9.01. The van der Waals surface area contributed by atoms with Crippen LogP contribution in [0.5, 0.6) is 17.2 Å². The SMILES string of the molecule is CCCCCCC(COc1ccc(C(=O)O)c(O)c1)Oc1ccccc1. The number of carboxylic acids is 1. The normalized spacial score (nSPS) is 11.7. The molecule has 2 aromatic rings. The summed E-state index contributed by atoms with van der Waals surface area (Å²) in [5.74, 6) is -0.267. The molecule has 0 amide bonds. The van der Waals surface area contributed by atoms with Gasteiger partial charge in [-0.15, -0.1) is 0 Å². The number of ether oxygens (including phenoxy) is 2. The Morgan fingerprint density at radius 1 is 1.04 bits per heavy atom. The molecule has 0 heterocycles. The zero-order chi connectivity index (χ0) is 18.8. The van der Waals surface area contributed by atoms with E-state index in [1.165, 1.54) is 25.0 Å². The average molecular weight is 358 g/mol. The Balaban J connectivity index is 1.96. The summed E-state index contributed by atoms with van der Waals surface area (Å²) in [6.45, 7) is 2.50. The zero-order valence-electron chi connectivity index (χ0n) is 15.1. The van der Waals surface area contributed by atoms with Crippen molar-refractivity contribution in [1.82, 2.24) is 0 Å². The van der Waals surface area contributed by atoms with Crippen LogP contribution in [-0.4, -0.2) is 28.9 Å². The van der Waals surface area contributed by atoms with E-state index in [1.54, 1.807) is 6.07 Å². The number of aromatic carboxylic acids is 1. The Bertz CT molecular complexity index is 684. The number of unbranched alkanes of at least 4 members (excludes halogenated alkanes) is 3. The zero-order valence-corrected chi connectivity index (χ0v) is 15.1. The third kappa shape index (κ3) is 6.31. The van der Waals surface area contributed by atoms with Gasteiger partial charge in [0.2, 0.25) is 0 Å². The van der Waals surface area contributed by atoms with Crippen molar-refractivity contribution in [3.63, 3.8) is 0 Å². The number of hydrogen-bond donors (Lipinski definition) is 2. The van der Waals surface area contributed by atoms with E-state index >= 15 is 0 Å². The maximum Gasteiger partial charge on any atom is 0.339 e. The predicted octanol–water partition coefficient (Wildman–Crippen LogP) is 4.89. The predicted molar refractivity (Wildman–Crippen MR) is 100 cm³/mol. The Kier molecular flexibility index (Phi) is 7.80. The molecule has 5 nitrogen and oxygen atoms in total. The molecule has 0 aliphatic heterocycles. The van der Waals surface area contributed by atoms with Crippen molar-refractivity contribution in [2.75, 3.05) is 6.61 Å². The molecule has 0 radical (unpaired) electrons. The van der Waals surface area contributed by atoms with Gasteiger partial charge in [0.25, 0.3) is 0 Å². The summed E-state index contributed by atoms with van der Waals surface area (Å²) in [5.41, 5.74) is -0.144. The quantitative estimate of drug-likeness (QED) is 0.560. The smallest absolute Gasteiger partial charge is 0.339 e. The molecular formula is C21H26O5. The van der Waals surface area contributed by atoms with Crippen molar-refractivity contribution < 1.29 is 24.5 Å². The van der Waals surface area contributed by atoms with E-state index < -0.39 is 5.97 Å². The van der Waals surface area contributed by atoms with E-state index in [4.69, 9.17) is 14.6 Å². The summed E-state index contributed by atoms with van der Waals surface area (Å²) in [6.07, 6.45) is 5.33. The van der Waals surface area contributed by atoms with Crippen molar-refractivity contribution >= 4 is 5.97 Å². The molecule has 0 aliphatic rings. The fourth-order valence-corrected chi connectivity index (χ4v) is 2.64. The number of benzene rings is 2. The van der Waals surface area contributed by atoms with Gasteiger partial charge in [-0.25, -0.2) is 4.79 Å². The largest absolute Gasteiger partial charge is 0.507 e. The van der Waals surface area contributed by atoms with Gasteiger partial charge in [0, 0.05) is 6.07 Å². The lowest BCUT2D eigenvalue weighted by Gasteiger charge is -2.20. The lowest BCUT2D eigenvalue weighted by Crippen LogP contribution is -2.25. The van der Waals surface area contributed by atoms with Crippen LogP contribution in [0.4, 0.5) is 0 Å².